The molecule has 0 saturated carbocycles. The van der Waals surface area contributed by atoms with E-state index in [2.05, 4.69) is 5.10 Å². The molecule has 0 spiro atoms. The van der Waals surface area contributed by atoms with Gasteiger partial charge in [0, 0.05) is 25.4 Å². The zero-order chi connectivity index (χ0) is 17.7. The van der Waals surface area contributed by atoms with Gasteiger partial charge in [-0.1, -0.05) is 0 Å². The maximum Gasteiger partial charge on any atom is 0.406 e. The van der Waals surface area contributed by atoms with Crippen LogP contribution in [0.15, 0.2) is 35.2 Å². The van der Waals surface area contributed by atoms with Crippen molar-refractivity contribution in [3.63, 3.8) is 0 Å². The summed E-state index contributed by atoms with van der Waals surface area (Å²) < 4.78 is 44.9. The molecule has 0 fully saturated rings. The van der Waals surface area contributed by atoms with Gasteiger partial charge in [-0.25, -0.2) is 0 Å². The van der Waals surface area contributed by atoms with E-state index < -0.39 is 18.6 Å². The number of furan rings is 1. The summed E-state index contributed by atoms with van der Waals surface area (Å²) in [7, 11) is 3.44. The highest BCUT2D eigenvalue weighted by Crippen LogP contribution is 2.19. The van der Waals surface area contributed by atoms with Crippen LogP contribution in [0.2, 0.25) is 0 Å². The van der Waals surface area contributed by atoms with Crippen molar-refractivity contribution in [1.82, 2.24) is 19.6 Å². The quantitative estimate of drug-likeness (QED) is 0.771. The lowest BCUT2D eigenvalue weighted by molar-refractivity contribution is -0.163. The number of amides is 1. The van der Waals surface area contributed by atoms with Gasteiger partial charge in [0.2, 0.25) is 5.91 Å². The third kappa shape index (κ3) is 5.73. The van der Waals surface area contributed by atoms with E-state index in [-0.39, 0.29) is 13.1 Å². The summed E-state index contributed by atoms with van der Waals surface area (Å²) in [6.07, 6.45) is 0.332. The average Bonchev–Trinajstić information content (AvgIpc) is 3.08. The fourth-order valence-corrected chi connectivity index (χ4v) is 2.29. The Morgan fingerprint density at radius 2 is 2.12 bits per heavy atom. The lowest BCUT2D eigenvalue weighted by atomic mass is 10.3. The van der Waals surface area contributed by atoms with E-state index in [1.807, 2.05) is 0 Å². The molecule has 0 atom stereocenters. The molecule has 132 valence electrons. The first-order valence-corrected chi connectivity index (χ1v) is 7.26. The molecule has 2 aromatic rings. The number of aromatic nitrogens is 2. The molecule has 0 N–H and O–H groups in total. The highest BCUT2D eigenvalue weighted by molar-refractivity contribution is 5.78. The van der Waals surface area contributed by atoms with Gasteiger partial charge in [-0.2, -0.15) is 18.3 Å². The number of rotatable bonds is 7. The van der Waals surface area contributed by atoms with Crippen LogP contribution in [0.5, 0.6) is 0 Å². The summed E-state index contributed by atoms with van der Waals surface area (Å²) >= 11 is 0. The van der Waals surface area contributed by atoms with Crippen LogP contribution in [-0.2, 0) is 24.9 Å². The van der Waals surface area contributed by atoms with Gasteiger partial charge in [-0.3, -0.25) is 14.4 Å². The van der Waals surface area contributed by atoms with E-state index in [4.69, 9.17) is 4.42 Å². The summed E-state index contributed by atoms with van der Waals surface area (Å²) in [6.45, 7) is -1.24. The standard InChI is InChI=1S/C15H19F3N4O2/c1-20(7-12-6-19-21(2)8-12)10-14(23)22(11-15(16,17)18)9-13-4-3-5-24-13/h3-6,8H,7,9-11H2,1-2H3. The molecule has 0 radical (unpaired) electrons. The van der Waals surface area contributed by atoms with Crippen molar-refractivity contribution in [1.29, 1.82) is 0 Å². The van der Waals surface area contributed by atoms with Gasteiger partial charge in [-0.15, -0.1) is 0 Å². The number of carbonyl (C=O) groups is 1. The Bertz CT molecular complexity index is 652. The van der Waals surface area contributed by atoms with Crippen LogP contribution in [0.25, 0.3) is 0 Å². The van der Waals surface area contributed by atoms with Crippen molar-refractivity contribution in [3.8, 4) is 0 Å². The molecule has 0 aliphatic carbocycles. The SMILES string of the molecule is CN(CC(=O)N(Cc1ccco1)CC(F)(F)F)Cc1cnn(C)c1. The molecule has 0 unspecified atom stereocenters. The number of likely N-dealkylation sites (N-methyl/N-ethyl adjacent to an activating group) is 1. The molecule has 0 aromatic carbocycles. The molecular weight excluding hydrogens is 325 g/mol. The highest BCUT2D eigenvalue weighted by atomic mass is 19.4. The summed E-state index contributed by atoms with van der Waals surface area (Å²) in [6, 6.07) is 3.11. The maximum absolute atomic E-state index is 12.7. The van der Waals surface area contributed by atoms with Crippen molar-refractivity contribution < 1.29 is 22.4 Å². The Hall–Kier alpha value is -2.29. The van der Waals surface area contributed by atoms with Gasteiger partial charge in [0.25, 0.3) is 0 Å². The van der Waals surface area contributed by atoms with E-state index in [9.17, 15) is 18.0 Å². The molecule has 0 aliphatic heterocycles. The average molecular weight is 344 g/mol. The highest BCUT2D eigenvalue weighted by Gasteiger charge is 2.33. The third-order valence-electron chi connectivity index (χ3n) is 3.27. The molecule has 0 aliphatic rings. The zero-order valence-electron chi connectivity index (χ0n) is 13.5. The molecule has 6 nitrogen and oxygen atoms in total. The normalized spacial score (nSPS) is 11.9. The van der Waals surface area contributed by atoms with Gasteiger partial charge in [-0.05, 0) is 19.2 Å². The Labute approximate surface area is 137 Å². The monoisotopic (exact) mass is 344 g/mol. The Morgan fingerprint density at radius 1 is 1.38 bits per heavy atom. The predicted octanol–water partition coefficient (Wildman–Crippen LogP) is 2.04. The van der Waals surface area contributed by atoms with Crippen molar-refractivity contribution in [3.05, 3.63) is 42.1 Å². The summed E-state index contributed by atoms with van der Waals surface area (Å²) in [5.74, 6) is -0.308. The van der Waals surface area contributed by atoms with Gasteiger partial charge < -0.3 is 9.32 Å². The number of aryl methyl sites for hydroxylation is 1. The van der Waals surface area contributed by atoms with Crippen LogP contribution in [-0.4, -0.2) is 51.8 Å². The van der Waals surface area contributed by atoms with Crippen molar-refractivity contribution in [2.24, 2.45) is 7.05 Å². The fraction of sp³-hybridized carbons (Fsp3) is 0.467. The number of halogens is 3. The molecule has 2 rings (SSSR count). The molecule has 0 bridgehead atoms. The second-order valence-corrected chi connectivity index (χ2v) is 5.64. The lowest BCUT2D eigenvalue weighted by Gasteiger charge is -2.25. The van der Waals surface area contributed by atoms with Crippen LogP contribution in [0.1, 0.15) is 11.3 Å². The van der Waals surface area contributed by atoms with E-state index in [0.29, 0.717) is 12.3 Å². The largest absolute Gasteiger partial charge is 0.467 e. The minimum Gasteiger partial charge on any atom is -0.467 e. The Kier molecular flexibility index (Phi) is 5.66. The molecule has 2 heterocycles. The molecule has 0 saturated heterocycles. The Morgan fingerprint density at radius 3 is 2.67 bits per heavy atom. The number of hydrogen-bond acceptors (Lipinski definition) is 4. The molecular formula is C15H19F3N4O2. The van der Waals surface area contributed by atoms with Crippen molar-refractivity contribution >= 4 is 5.91 Å². The van der Waals surface area contributed by atoms with Gasteiger partial charge >= 0.3 is 6.18 Å². The van der Waals surface area contributed by atoms with Crippen LogP contribution in [0.3, 0.4) is 0 Å². The van der Waals surface area contributed by atoms with Crippen molar-refractivity contribution in [2.45, 2.75) is 19.3 Å². The van der Waals surface area contributed by atoms with Gasteiger partial charge in [0.1, 0.15) is 12.3 Å². The molecule has 2 aromatic heterocycles. The van der Waals surface area contributed by atoms with Crippen LogP contribution in [0, 0.1) is 0 Å². The fourth-order valence-electron chi connectivity index (χ4n) is 2.29. The molecule has 9 heteroatoms. The predicted molar refractivity (Wildman–Crippen MR) is 79.7 cm³/mol. The van der Waals surface area contributed by atoms with E-state index >= 15 is 0 Å². The first kappa shape index (κ1) is 18.1. The third-order valence-corrected chi connectivity index (χ3v) is 3.27. The maximum atomic E-state index is 12.7. The molecule has 1 amide bonds. The number of hydrogen-bond donors (Lipinski definition) is 0. The summed E-state index contributed by atoms with van der Waals surface area (Å²) in [4.78, 5) is 14.7. The van der Waals surface area contributed by atoms with E-state index in [1.165, 1.54) is 12.3 Å². The van der Waals surface area contributed by atoms with Crippen molar-refractivity contribution in [2.75, 3.05) is 20.1 Å². The number of nitrogens with zero attached hydrogens (tertiary/aromatic N) is 4. The first-order chi connectivity index (χ1) is 11.2. The summed E-state index contributed by atoms with van der Waals surface area (Å²) in [5.41, 5.74) is 0.876. The molecule has 24 heavy (non-hydrogen) atoms. The minimum atomic E-state index is -4.47. The second-order valence-electron chi connectivity index (χ2n) is 5.64. The zero-order valence-corrected chi connectivity index (χ0v) is 13.5. The van der Waals surface area contributed by atoms with E-state index in [0.717, 1.165) is 10.5 Å². The van der Waals surface area contributed by atoms with Crippen LogP contribution in [0.4, 0.5) is 13.2 Å². The first-order valence-electron chi connectivity index (χ1n) is 7.26. The smallest absolute Gasteiger partial charge is 0.406 e. The summed E-state index contributed by atoms with van der Waals surface area (Å²) in [5, 5.41) is 4.02. The lowest BCUT2D eigenvalue weighted by Crippen LogP contribution is -2.43. The van der Waals surface area contributed by atoms with Gasteiger partial charge in [0.15, 0.2) is 0 Å². The minimum absolute atomic E-state index is 0.133. The van der Waals surface area contributed by atoms with E-state index in [1.54, 1.807) is 42.1 Å². The second kappa shape index (κ2) is 7.52. The topological polar surface area (TPSA) is 54.5 Å². The van der Waals surface area contributed by atoms with Crippen LogP contribution < -0.4 is 0 Å². The number of carbonyl (C=O) groups excluding carboxylic acids is 1. The Balaban J connectivity index is 1.97. The number of alkyl halides is 3. The van der Waals surface area contributed by atoms with Crippen LogP contribution >= 0.6 is 0 Å². The van der Waals surface area contributed by atoms with Gasteiger partial charge in [0.05, 0.1) is 25.5 Å².